The first kappa shape index (κ1) is 17.6. The Hall–Kier alpha value is -0.840. The molecule has 0 aliphatic rings. The van der Waals surface area contributed by atoms with Crippen molar-refractivity contribution in [1.82, 2.24) is 0 Å². The molecule has 5 heteroatoms. The van der Waals surface area contributed by atoms with Crippen LogP contribution in [-0.2, 0) is 0 Å². The van der Waals surface area contributed by atoms with Crippen molar-refractivity contribution in [3.63, 3.8) is 0 Å². The number of rotatable bonds is 1. The molecule has 0 aliphatic heterocycles. The van der Waals surface area contributed by atoms with Gasteiger partial charge in [-0.05, 0) is 32.9 Å². The molecule has 1 rings (SSSR count). The molecule has 0 saturated heterocycles. The second-order valence-electron chi connectivity index (χ2n) is 3.77. The minimum absolute atomic E-state index is 0. The van der Waals surface area contributed by atoms with Crippen LogP contribution in [0.1, 0.15) is 20.8 Å². The average molecular weight is 254 g/mol. The molecule has 0 N–H and O–H groups in total. The van der Waals surface area contributed by atoms with Crippen molar-refractivity contribution in [2.75, 3.05) is 0 Å². The summed E-state index contributed by atoms with van der Waals surface area (Å²) in [5.41, 5.74) is -0.0959. The topological polar surface area (TPSA) is 9.23 Å². The van der Waals surface area contributed by atoms with Crippen LogP contribution >= 0.6 is 13.5 Å². The zero-order chi connectivity index (χ0) is 11.9. The molecule has 1 aromatic carbocycles. The molecule has 0 radical (unpaired) electrons. The SMILES string of the molecule is CC(C)(C)Oc1ccccc1.FC(F)F.S. The van der Waals surface area contributed by atoms with Gasteiger partial charge in [0.05, 0.1) is 0 Å². The number of ether oxygens (including phenoxy) is 1. The highest BCUT2D eigenvalue weighted by Gasteiger charge is 2.10. The molecule has 0 amide bonds. The first-order valence-corrected chi connectivity index (χ1v) is 4.47. The molecule has 0 spiro atoms. The largest absolute Gasteiger partial charge is 0.488 e. The molecule has 16 heavy (non-hydrogen) atoms. The third kappa shape index (κ3) is 13.2. The number of alkyl halides is 3. The summed E-state index contributed by atoms with van der Waals surface area (Å²) < 4.78 is 34.6. The lowest BCUT2D eigenvalue weighted by molar-refractivity contribution is 0.00819. The van der Waals surface area contributed by atoms with Crippen LogP contribution in [0.25, 0.3) is 0 Å². The highest BCUT2D eigenvalue weighted by atomic mass is 32.1. The maximum Gasteiger partial charge on any atom is 0.379 e. The highest BCUT2D eigenvalue weighted by Crippen LogP contribution is 2.16. The fourth-order valence-corrected chi connectivity index (χ4v) is 0.842. The number of para-hydroxylation sites is 1. The van der Waals surface area contributed by atoms with Crippen LogP contribution in [0.5, 0.6) is 5.75 Å². The van der Waals surface area contributed by atoms with Gasteiger partial charge in [0, 0.05) is 0 Å². The first-order valence-electron chi connectivity index (χ1n) is 4.47. The summed E-state index contributed by atoms with van der Waals surface area (Å²) in [6.07, 6.45) is 0. The fraction of sp³-hybridized carbons (Fsp3) is 0.455. The monoisotopic (exact) mass is 254 g/mol. The summed E-state index contributed by atoms with van der Waals surface area (Å²) in [6, 6.07) is 9.86. The normalized spacial score (nSPS) is 9.94. The standard InChI is InChI=1S/C10H14O.CHF3.H2S/c1-10(2,3)11-9-7-5-4-6-8-9;2-1(3)4;/h4-8H,1-3H3;1H;1H2. The summed E-state index contributed by atoms with van der Waals surface area (Å²) >= 11 is 0. The van der Waals surface area contributed by atoms with Gasteiger partial charge in [-0.3, -0.25) is 0 Å². The molecule has 0 heterocycles. The van der Waals surface area contributed by atoms with Crippen molar-refractivity contribution < 1.29 is 17.9 Å². The van der Waals surface area contributed by atoms with Gasteiger partial charge in [0.15, 0.2) is 0 Å². The van der Waals surface area contributed by atoms with E-state index in [1.54, 1.807) is 0 Å². The van der Waals surface area contributed by atoms with Crippen LogP contribution in [0.3, 0.4) is 0 Å². The number of benzene rings is 1. The molecule has 1 aromatic rings. The van der Waals surface area contributed by atoms with Crippen molar-refractivity contribution in [3.05, 3.63) is 30.3 Å². The Kier molecular flexibility index (Phi) is 9.14. The molecule has 0 atom stereocenters. The van der Waals surface area contributed by atoms with Crippen LogP contribution < -0.4 is 4.74 Å². The smallest absolute Gasteiger partial charge is 0.379 e. The Morgan fingerprint density at radius 2 is 1.38 bits per heavy atom. The fourth-order valence-electron chi connectivity index (χ4n) is 0.842. The van der Waals surface area contributed by atoms with Crippen LogP contribution in [0, 0.1) is 0 Å². The average Bonchev–Trinajstić information content (AvgIpc) is 2.01. The Balaban J connectivity index is 0. The van der Waals surface area contributed by atoms with Gasteiger partial charge in [0.2, 0.25) is 0 Å². The van der Waals surface area contributed by atoms with E-state index in [0.717, 1.165) is 5.75 Å². The molecule has 0 saturated carbocycles. The predicted molar refractivity (Wildman–Crippen MR) is 64.3 cm³/mol. The minimum atomic E-state index is -3.67. The van der Waals surface area contributed by atoms with Crippen LogP contribution in [-0.4, -0.2) is 12.3 Å². The van der Waals surface area contributed by atoms with E-state index >= 15 is 0 Å². The van der Waals surface area contributed by atoms with Gasteiger partial charge >= 0.3 is 6.68 Å². The maximum absolute atomic E-state index is 9.67. The number of halogens is 3. The zero-order valence-corrected chi connectivity index (χ0v) is 10.5. The van der Waals surface area contributed by atoms with Crippen molar-refractivity contribution in [3.8, 4) is 5.75 Å². The molecule has 94 valence electrons. The Labute approximate surface area is 101 Å². The van der Waals surface area contributed by atoms with E-state index in [-0.39, 0.29) is 19.1 Å². The molecule has 0 fully saturated rings. The van der Waals surface area contributed by atoms with Crippen molar-refractivity contribution in [2.24, 2.45) is 0 Å². The molecular weight excluding hydrogens is 237 g/mol. The summed E-state index contributed by atoms with van der Waals surface area (Å²) in [5, 5.41) is 0. The Bertz CT molecular complexity index is 257. The zero-order valence-electron chi connectivity index (χ0n) is 9.51. The molecule has 0 bridgehead atoms. The highest BCUT2D eigenvalue weighted by molar-refractivity contribution is 7.59. The van der Waals surface area contributed by atoms with Gasteiger partial charge in [0.1, 0.15) is 11.4 Å². The van der Waals surface area contributed by atoms with Gasteiger partial charge in [-0.15, -0.1) is 0 Å². The summed E-state index contributed by atoms with van der Waals surface area (Å²) in [7, 11) is 0. The quantitative estimate of drug-likeness (QED) is 0.731. The Morgan fingerprint density at radius 1 is 1.00 bits per heavy atom. The second kappa shape index (κ2) is 8.33. The third-order valence-corrected chi connectivity index (χ3v) is 1.17. The van der Waals surface area contributed by atoms with E-state index in [1.807, 2.05) is 51.1 Å². The van der Waals surface area contributed by atoms with Crippen molar-refractivity contribution in [1.29, 1.82) is 0 Å². The van der Waals surface area contributed by atoms with Crippen LogP contribution in [0.2, 0.25) is 0 Å². The van der Waals surface area contributed by atoms with Gasteiger partial charge in [-0.1, -0.05) is 18.2 Å². The van der Waals surface area contributed by atoms with Crippen LogP contribution in [0.15, 0.2) is 30.3 Å². The van der Waals surface area contributed by atoms with Gasteiger partial charge < -0.3 is 4.74 Å². The van der Waals surface area contributed by atoms with E-state index < -0.39 is 6.68 Å². The van der Waals surface area contributed by atoms with Gasteiger partial charge in [0.25, 0.3) is 0 Å². The third-order valence-electron chi connectivity index (χ3n) is 1.17. The maximum atomic E-state index is 9.67. The molecule has 0 unspecified atom stereocenters. The van der Waals surface area contributed by atoms with Crippen molar-refractivity contribution >= 4 is 13.5 Å². The van der Waals surface area contributed by atoms with Gasteiger partial charge in [-0.2, -0.15) is 26.7 Å². The summed E-state index contributed by atoms with van der Waals surface area (Å²) in [5.74, 6) is 0.931. The molecular formula is C11H17F3OS. The minimum Gasteiger partial charge on any atom is -0.488 e. The summed E-state index contributed by atoms with van der Waals surface area (Å²) in [6.45, 7) is 2.46. The Morgan fingerprint density at radius 3 is 1.69 bits per heavy atom. The van der Waals surface area contributed by atoms with E-state index in [0.29, 0.717) is 0 Å². The first-order chi connectivity index (χ1) is 6.81. The predicted octanol–water partition coefficient (Wildman–Crippen LogP) is 4.16. The van der Waals surface area contributed by atoms with E-state index in [2.05, 4.69) is 0 Å². The van der Waals surface area contributed by atoms with Gasteiger partial charge in [-0.25, -0.2) is 0 Å². The van der Waals surface area contributed by atoms with Crippen molar-refractivity contribution in [2.45, 2.75) is 33.1 Å². The lowest BCUT2D eigenvalue weighted by Crippen LogP contribution is -2.22. The lowest BCUT2D eigenvalue weighted by Gasteiger charge is -2.20. The van der Waals surface area contributed by atoms with Crippen LogP contribution in [0.4, 0.5) is 13.2 Å². The number of hydrogen-bond acceptors (Lipinski definition) is 1. The second-order valence-corrected chi connectivity index (χ2v) is 3.77. The number of hydrogen-bond donors (Lipinski definition) is 0. The molecule has 0 aliphatic carbocycles. The lowest BCUT2D eigenvalue weighted by atomic mass is 10.2. The molecule has 0 aromatic heterocycles. The van der Waals surface area contributed by atoms with E-state index in [9.17, 15) is 13.2 Å². The summed E-state index contributed by atoms with van der Waals surface area (Å²) in [4.78, 5) is 0. The molecule has 1 nitrogen and oxygen atoms in total. The van der Waals surface area contributed by atoms with E-state index in [1.165, 1.54) is 0 Å². The van der Waals surface area contributed by atoms with E-state index in [4.69, 9.17) is 4.74 Å².